The third-order valence-corrected chi connectivity index (χ3v) is 3.17. The minimum atomic E-state index is -0.836. The smallest absolute Gasteiger partial charge is 0.161 e. The summed E-state index contributed by atoms with van der Waals surface area (Å²) in [7, 11) is 0. The molecule has 100 valence electrons. The molecule has 0 aromatic heterocycles. The SMILES string of the molecule is CC(=Nc1ccccc1)C(C)(C#N)Nc1ccccc1. The van der Waals surface area contributed by atoms with Crippen LogP contribution in [-0.4, -0.2) is 11.3 Å². The summed E-state index contributed by atoms with van der Waals surface area (Å²) in [5.41, 5.74) is 1.65. The second kappa shape index (κ2) is 6.03. The largest absolute Gasteiger partial charge is 0.363 e. The average molecular weight is 263 g/mol. The van der Waals surface area contributed by atoms with Gasteiger partial charge in [-0.15, -0.1) is 0 Å². The van der Waals surface area contributed by atoms with Crippen molar-refractivity contribution >= 4 is 17.1 Å². The number of hydrogen-bond acceptors (Lipinski definition) is 3. The van der Waals surface area contributed by atoms with E-state index in [1.165, 1.54) is 0 Å². The molecule has 3 heteroatoms. The quantitative estimate of drug-likeness (QED) is 0.841. The van der Waals surface area contributed by atoms with Crippen LogP contribution < -0.4 is 5.32 Å². The Bertz CT molecular complexity index is 626. The number of para-hydroxylation sites is 2. The van der Waals surface area contributed by atoms with E-state index in [0.29, 0.717) is 0 Å². The first kappa shape index (κ1) is 13.8. The molecule has 0 amide bonds. The van der Waals surface area contributed by atoms with Gasteiger partial charge in [0.1, 0.15) is 0 Å². The Labute approximate surface area is 119 Å². The second-order valence-electron chi connectivity index (χ2n) is 4.76. The molecule has 0 heterocycles. The molecule has 0 saturated heterocycles. The Morgan fingerprint density at radius 3 is 2.15 bits per heavy atom. The van der Waals surface area contributed by atoms with E-state index in [2.05, 4.69) is 16.4 Å². The van der Waals surface area contributed by atoms with Crippen molar-refractivity contribution in [3.05, 3.63) is 60.7 Å². The third kappa shape index (κ3) is 3.24. The lowest BCUT2D eigenvalue weighted by Gasteiger charge is -2.24. The van der Waals surface area contributed by atoms with E-state index in [1.807, 2.05) is 74.5 Å². The van der Waals surface area contributed by atoms with E-state index >= 15 is 0 Å². The molecule has 2 aromatic rings. The molecule has 1 N–H and O–H groups in total. The van der Waals surface area contributed by atoms with E-state index in [9.17, 15) is 5.26 Å². The summed E-state index contributed by atoms with van der Waals surface area (Å²) in [6.45, 7) is 3.70. The molecular weight excluding hydrogens is 246 g/mol. The summed E-state index contributed by atoms with van der Waals surface area (Å²) >= 11 is 0. The van der Waals surface area contributed by atoms with Crippen LogP contribution in [0, 0.1) is 11.3 Å². The first-order valence-corrected chi connectivity index (χ1v) is 6.49. The van der Waals surface area contributed by atoms with Gasteiger partial charge in [-0.1, -0.05) is 36.4 Å². The number of nitrogens with zero attached hydrogens (tertiary/aromatic N) is 2. The summed E-state index contributed by atoms with van der Waals surface area (Å²) in [6, 6.07) is 21.6. The van der Waals surface area contributed by atoms with Gasteiger partial charge in [-0.05, 0) is 38.1 Å². The molecule has 0 radical (unpaired) electrons. The monoisotopic (exact) mass is 263 g/mol. The van der Waals surface area contributed by atoms with E-state index in [-0.39, 0.29) is 0 Å². The van der Waals surface area contributed by atoms with Crippen LogP contribution in [0.3, 0.4) is 0 Å². The lowest BCUT2D eigenvalue weighted by Crippen LogP contribution is -2.40. The topological polar surface area (TPSA) is 48.2 Å². The first-order chi connectivity index (χ1) is 9.64. The molecule has 20 heavy (non-hydrogen) atoms. The van der Waals surface area contributed by atoms with Gasteiger partial charge in [0.15, 0.2) is 5.54 Å². The number of rotatable bonds is 4. The predicted octanol–water partition coefficient (Wildman–Crippen LogP) is 4.17. The average Bonchev–Trinajstić information content (AvgIpc) is 2.49. The van der Waals surface area contributed by atoms with Gasteiger partial charge in [0.2, 0.25) is 0 Å². The molecule has 0 aliphatic rings. The maximum atomic E-state index is 9.50. The summed E-state index contributed by atoms with van der Waals surface area (Å²) in [6.07, 6.45) is 0. The van der Waals surface area contributed by atoms with Crippen LogP contribution in [-0.2, 0) is 0 Å². The van der Waals surface area contributed by atoms with E-state index in [1.54, 1.807) is 0 Å². The van der Waals surface area contributed by atoms with Gasteiger partial charge < -0.3 is 5.32 Å². The molecule has 0 saturated carbocycles. The molecule has 1 atom stereocenters. The van der Waals surface area contributed by atoms with Crippen LogP contribution in [0.15, 0.2) is 65.7 Å². The van der Waals surface area contributed by atoms with Crippen molar-refractivity contribution in [3.63, 3.8) is 0 Å². The maximum Gasteiger partial charge on any atom is 0.161 e. The zero-order chi connectivity index (χ0) is 14.4. The van der Waals surface area contributed by atoms with Gasteiger partial charge in [-0.3, -0.25) is 4.99 Å². The number of nitrogens with one attached hydrogen (secondary N) is 1. The maximum absolute atomic E-state index is 9.50. The minimum absolute atomic E-state index is 0.732. The van der Waals surface area contributed by atoms with Gasteiger partial charge in [-0.25, -0.2) is 0 Å². The van der Waals surface area contributed by atoms with Crippen LogP contribution in [0.2, 0.25) is 0 Å². The van der Waals surface area contributed by atoms with Crippen LogP contribution in [0.4, 0.5) is 11.4 Å². The first-order valence-electron chi connectivity index (χ1n) is 6.49. The molecular formula is C17H17N3. The van der Waals surface area contributed by atoms with E-state index < -0.39 is 5.54 Å². The molecule has 0 spiro atoms. The Kier molecular flexibility index (Phi) is 4.17. The standard InChI is InChI=1S/C17H17N3/c1-14(19-15-9-5-3-6-10-15)17(2,13-18)20-16-11-7-4-8-12-16/h3-12,20H,1-2H3. The summed E-state index contributed by atoms with van der Waals surface area (Å²) in [5.74, 6) is 0. The van der Waals surface area contributed by atoms with Crippen molar-refractivity contribution < 1.29 is 0 Å². The van der Waals surface area contributed by atoms with E-state index in [4.69, 9.17) is 0 Å². The van der Waals surface area contributed by atoms with Gasteiger partial charge in [-0.2, -0.15) is 5.26 Å². The van der Waals surface area contributed by atoms with Crippen molar-refractivity contribution in [1.29, 1.82) is 5.26 Å². The number of aliphatic imine (C=N–C) groups is 1. The number of anilines is 1. The zero-order valence-electron chi connectivity index (χ0n) is 11.7. The fourth-order valence-electron chi connectivity index (χ4n) is 1.82. The Morgan fingerprint density at radius 2 is 1.60 bits per heavy atom. The normalized spacial score (nSPS) is 14.2. The second-order valence-corrected chi connectivity index (χ2v) is 4.76. The van der Waals surface area contributed by atoms with Crippen molar-refractivity contribution in [2.75, 3.05) is 5.32 Å². The summed E-state index contributed by atoms with van der Waals surface area (Å²) < 4.78 is 0. The molecule has 2 rings (SSSR count). The lowest BCUT2D eigenvalue weighted by molar-refractivity contribution is 0.858. The Hall–Kier alpha value is -2.60. The van der Waals surface area contributed by atoms with Crippen molar-refractivity contribution in [1.82, 2.24) is 0 Å². The van der Waals surface area contributed by atoms with Gasteiger partial charge in [0, 0.05) is 5.69 Å². The van der Waals surface area contributed by atoms with Crippen LogP contribution in [0.5, 0.6) is 0 Å². The molecule has 0 bridgehead atoms. The Balaban J connectivity index is 2.27. The van der Waals surface area contributed by atoms with Gasteiger partial charge in [0.05, 0.1) is 17.5 Å². The minimum Gasteiger partial charge on any atom is -0.363 e. The number of hydrogen-bond donors (Lipinski definition) is 1. The lowest BCUT2D eigenvalue weighted by atomic mass is 9.98. The summed E-state index contributed by atoms with van der Waals surface area (Å²) in [4.78, 5) is 4.53. The number of nitriles is 1. The van der Waals surface area contributed by atoms with Gasteiger partial charge in [0.25, 0.3) is 0 Å². The highest BCUT2D eigenvalue weighted by Gasteiger charge is 2.27. The molecule has 0 aliphatic heterocycles. The van der Waals surface area contributed by atoms with Gasteiger partial charge >= 0.3 is 0 Å². The van der Waals surface area contributed by atoms with Crippen LogP contribution in [0.25, 0.3) is 0 Å². The molecule has 2 aromatic carbocycles. The van der Waals surface area contributed by atoms with Crippen LogP contribution in [0.1, 0.15) is 13.8 Å². The molecule has 1 unspecified atom stereocenters. The third-order valence-electron chi connectivity index (χ3n) is 3.17. The summed E-state index contributed by atoms with van der Waals surface area (Å²) in [5, 5.41) is 12.7. The highest BCUT2D eigenvalue weighted by Crippen LogP contribution is 2.19. The Morgan fingerprint density at radius 1 is 1.05 bits per heavy atom. The molecule has 3 nitrogen and oxygen atoms in total. The molecule has 0 fully saturated rings. The predicted molar refractivity (Wildman–Crippen MR) is 83.3 cm³/mol. The van der Waals surface area contributed by atoms with Crippen molar-refractivity contribution in [2.24, 2.45) is 4.99 Å². The number of benzene rings is 2. The fraction of sp³-hybridized carbons (Fsp3) is 0.176. The van der Waals surface area contributed by atoms with Crippen molar-refractivity contribution in [3.8, 4) is 6.07 Å². The fourth-order valence-corrected chi connectivity index (χ4v) is 1.82. The van der Waals surface area contributed by atoms with Crippen molar-refractivity contribution in [2.45, 2.75) is 19.4 Å². The molecule has 0 aliphatic carbocycles. The van der Waals surface area contributed by atoms with Crippen LogP contribution >= 0.6 is 0 Å². The zero-order valence-corrected chi connectivity index (χ0v) is 11.7. The van der Waals surface area contributed by atoms with E-state index in [0.717, 1.165) is 17.1 Å². The highest BCUT2D eigenvalue weighted by molar-refractivity contribution is 5.98. The highest BCUT2D eigenvalue weighted by atomic mass is 15.0.